The van der Waals surface area contributed by atoms with Gasteiger partial charge in [0.2, 0.25) is 0 Å². The van der Waals surface area contributed by atoms with Gasteiger partial charge >= 0.3 is 5.97 Å². The second-order valence-electron chi connectivity index (χ2n) is 6.32. The van der Waals surface area contributed by atoms with E-state index in [0.717, 1.165) is 5.01 Å². The number of amides is 1. The molecule has 0 aliphatic carbocycles. The Bertz CT molecular complexity index is 553. The standard InChI is InChI=1S/C15H22N2O3S/c1-9(2)12-16-11(7-21-12)13(18)17-6-5-15(8-17,10(3)4)14(19)20/h7,9-10H,5-6,8H2,1-4H3,(H,19,20). The fourth-order valence-electron chi connectivity index (χ4n) is 2.71. The van der Waals surface area contributed by atoms with Crippen molar-refractivity contribution in [2.24, 2.45) is 11.3 Å². The van der Waals surface area contributed by atoms with Crippen molar-refractivity contribution >= 4 is 23.2 Å². The number of carboxylic acid groups (broad SMARTS) is 1. The molecule has 1 aliphatic heterocycles. The fraction of sp³-hybridized carbons (Fsp3) is 0.667. The molecule has 1 atom stereocenters. The molecule has 1 aromatic rings. The SMILES string of the molecule is CC(C)c1nc(C(=O)N2CCC(C(=O)O)(C(C)C)C2)cs1. The first-order valence-electron chi connectivity index (χ1n) is 7.26. The van der Waals surface area contributed by atoms with E-state index in [9.17, 15) is 14.7 Å². The van der Waals surface area contributed by atoms with Crippen molar-refractivity contribution in [3.05, 3.63) is 16.1 Å². The monoisotopic (exact) mass is 310 g/mol. The molecule has 1 aromatic heterocycles. The smallest absolute Gasteiger partial charge is 0.311 e. The summed E-state index contributed by atoms with van der Waals surface area (Å²) in [5.41, 5.74) is -0.388. The molecule has 1 saturated heterocycles. The van der Waals surface area contributed by atoms with Gasteiger partial charge < -0.3 is 10.0 Å². The Kier molecular flexibility index (Phi) is 4.37. The van der Waals surface area contributed by atoms with Crippen LogP contribution in [-0.4, -0.2) is 40.0 Å². The van der Waals surface area contributed by atoms with Crippen LogP contribution >= 0.6 is 11.3 Å². The summed E-state index contributed by atoms with van der Waals surface area (Å²) in [6.45, 7) is 8.64. The van der Waals surface area contributed by atoms with Gasteiger partial charge in [-0.25, -0.2) is 4.98 Å². The van der Waals surface area contributed by atoms with Gasteiger partial charge in [-0.2, -0.15) is 0 Å². The van der Waals surface area contributed by atoms with Crippen molar-refractivity contribution in [3.8, 4) is 0 Å². The van der Waals surface area contributed by atoms with Gasteiger partial charge in [-0.3, -0.25) is 9.59 Å². The van der Waals surface area contributed by atoms with Crippen LogP contribution in [-0.2, 0) is 4.79 Å². The predicted molar refractivity (Wildman–Crippen MR) is 81.6 cm³/mol. The van der Waals surface area contributed by atoms with Crippen LogP contribution in [0, 0.1) is 11.3 Å². The van der Waals surface area contributed by atoms with Gasteiger partial charge in [0.05, 0.1) is 10.4 Å². The van der Waals surface area contributed by atoms with E-state index in [2.05, 4.69) is 4.98 Å². The number of aliphatic carboxylic acids is 1. The third-order valence-corrected chi connectivity index (χ3v) is 5.50. The normalized spacial score (nSPS) is 22.3. The molecule has 21 heavy (non-hydrogen) atoms. The van der Waals surface area contributed by atoms with E-state index in [1.165, 1.54) is 11.3 Å². The molecular formula is C15H22N2O3S. The maximum Gasteiger partial charge on any atom is 0.311 e. The lowest BCUT2D eigenvalue weighted by Crippen LogP contribution is -2.40. The molecule has 0 bridgehead atoms. The van der Waals surface area contributed by atoms with Crippen molar-refractivity contribution in [2.75, 3.05) is 13.1 Å². The van der Waals surface area contributed by atoms with E-state index in [4.69, 9.17) is 0 Å². The molecule has 2 heterocycles. The minimum absolute atomic E-state index is 0.00513. The van der Waals surface area contributed by atoms with Gasteiger partial charge in [-0.1, -0.05) is 27.7 Å². The van der Waals surface area contributed by atoms with Crippen LogP contribution in [0.4, 0.5) is 0 Å². The third-order valence-electron chi connectivity index (χ3n) is 4.35. The molecule has 1 amide bonds. The summed E-state index contributed by atoms with van der Waals surface area (Å²) in [5.74, 6) is -0.672. The first-order valence-corrected chi connectivity index (χ1v) is 8.14. The summed E-state index contributed by atoms with van der Waals surface area (Å²) in [5, 5.41) is 12.2. The molecule has 0 saturated carbocycles. The van der Waals surface area contributed by atoms with E-state index in [0.29, 0.717) is 24.6 Å². The van der Waals surface area contributed by atoms with E-state index >= 15 is 0 Å². The minimum atomic E-state index is -0.827. The highest BCUT2D eigenvalue weighted by molar-refractivity contribution is 7.09. The maximum absolute atomic E-state index is 12.5. The van der Waals surface area contributed by atoms with E-state index in [1.807, 2.05) is 27.7 Å². The molecule has 1 N–H and O–H groups in total. The summed E-state index contributed by atoms with van der Waals surface area (Å²) < 4.78 is 0. The lowest BCUT2D eigenvalue weighted by atomic mass is 9.76. The van der Waals surface area contributed by atoms with E-state index in [-0.39, 0.29) is 18.4 Å². The zero-order valence-electron chi connectivity index (χ0n) is 12.9. The Morgan fingerprint density at radius 1 is 1.38 bits per heavy atom. The first kappa shape index (κ1) is 15.9. The number of carbonyl (C=O) groups excluding carboxylic acids is 1. The lowest BCUT2D eigenvalue weighted by molar-refractivity contribution is -0.150. The fourth-order valence-corrected chi connectivity index (χ4v) is 3.52. The first-order chi connectivity index (χ1) is 9.78. The van der Waals surface area contributed by atoms with Crippen molar-refractivity contribution in [1.82, 2.24) is 9.88 Å². The number of hydrogen-bond donors (Lipinski definition) is 1. The molecule has 1 aliphatic rings. The lowest BCUT2D eigenvalue weighted by Gasteiger charge is -2.28. The molecule has 5 nitrogen and oxygen atoms in total. The molecule has 0 aromatic carbocycles. The summed E-state index contributed by atoms with van der Waals surface area (Å²) in [6, 6.07) is 0. The molecule has 1 fully saturated rings. The Morgan fingerprint density at radius 2 is 2.05 bits per heavy atom. The summed E-state index contributed by atoms with van der Waals surface area (Å²) >= 11 is 1.48. The van der Waals surface area contributed by atoms with Crippen LogP contribution in [0.25, 0.3) is 0 Å². The Labute approximate surface area is 129 Å². The van der Waals surface area contributed by atoms with Crippen LogP contribution in [0.5, 0.6) is 0 Å². The van der Waals surface area contributed by atoms with Gasteiger partial charge in [0.25, 0.3) is 5.91 Å². The zero-order valence-corrected chi connectivity index (χ0v) is 13.7. The Balaban J connectivity index is 2.16. The number of rotatable bonds is 4. The molecular weight excluding hydrogens is 288 g/mol. The number of likely N-dealkylation sites (tertiary alicyclic amines) is 1. The summed E-state index contributed by atoms with van der Waals surface area (Å²) in [4.78, 5) is 30.1. The number of thiazole rings is 1. The zero-order chi connectivity index (χ0) is 15.8. The average Bonchev–Trinajstić information content (AvgIpc) is 3.06. The summed E-state index contributed by atoms with van der Waals surface area (Å²) in [6.07, 6.45) is 0.507. The molecule has 1 unspecified atom stereocenters. The van der Waals surface area contributed by atoms with Gasteiger partial charge in [0.1, 0.15) is 5.69 Å². The van der Waals surface area contributed by atoms with Gasteiger partial charge in [0, 0.05) is 24.4 Å². The molecule has 6 heteroatoms. The van der Waals surface area contributed by atoms with Crippen molar-refractivity contribution < 1.29 is 14.7 Å². The van der Waals surface area contributed by atoms with Crippen molar-refractivity contribution in [2.45, 2.75) is 40.0 Å². The largest absolute Gasteiger partial charge is 0.481 e. The van der Waals surface area contributed by atoms with Crippen molar-refractivity contribution in [1.29, 1.82) is 0 Å². The highest BCUT2D eigenvalue weighted by atomic mass is 32.1. The number of carboxylic acids is 1. The Morgan fingerprint density at radius 3 is 2.48 bits per heavy atom. The second kappa shape index (κ2) is 5.75. The predicted octanol–water partition coefficient (Wildman–Crippen LogP) is 2.84. The van der Waals surface area contributed by atoms with Crippen LogP contribution in [0.15, 0.2) is 5.38 Å². The van der Waals surface area contributed by atoms with Gasteiger partial charge in [-0.05, 0) is 12.3 Å². The van der Waals surface area contributed by atoms with Crippen LogP contribution in [0.3, 0.4) is 0 Å². The second-order valence-corrected chi connectivity index (χ2v) is 7.21. The number of carbonyl (C=O) groups is 2. The quantitative estimate of drug-likeness (QED) is 0.928. The summed E-state index contributed by atoms with van der Waals surface area (Å²) in [7, 11) is 0. The number of hydrogen-bond acceptors (Lipinski definition) is 4. The maximum atomic E-state index is 12.5. The van der Waals surface area contributed by atoms with Crippen LogP contribution in [0.1, 0.15) is 55.5 Å². The van der Waals surface area contributed by atoms with Gasteiger partial charge in [-0.15, -0.1) is 11.3 Å². The van der Waals surface area contributed by atoms with E-state index < -0.39 is 11.4 Å². The highest BCUT2D eigenvalue weighted by Crippen LogP contribution is 2.38. The highest BCUT2D eigenvalue weighted by Gasteiger charge is 2.48. The van der Waals surface area contributed by atoms with Crippen LogP contribution in [0.2, 0.25) is 0 Å². The number of nitrogens with zero attached hydrogens (tertiary/aromatic N) is 2. The minimum Gasteiger partial charge on any atom is -0.481 e. The molecule has 0 radical (unpaired) electrons. The third kappa shape index (κ3) is 2.81. The topological polar surface area (TPSA) is 70.5 Å². The molecule has 2 rings (SSSR count). The van der Waals surface area contributed by atoms with E-state index in [1.54, 1.807) is 10.3 Å². The van der Waals surface area contributed by atoms with Gasteiger partial charge in [0.15, 0.2) is 0 Å². The number of aromatic nitrogens is 1. The average molecular weight is 310 g/mol. The van der Waals surface area contributed by atoms with Crippen molar-refractivity contribution in [3.63, 3.8) is 0 Å². The van der Waals surface area contributed by atoms with Crippen LogP contribution < -0.4 is 0 Å². The molecule has 0 spiro atoms. The Hall–Kier alpha value is -1.43. The molecule has 116 valence electrons.